The van der Waals surface area contributed by atoms with Crippen LogP contribution in [0, 0.1) is 0 Å². The molecule has 2 rings (SSSR count). The van der Waals surface area contributed by atoms with Crippen molar-refractivity contribution in [1.29, 1.82) is 0 Å². The molecule has 14 heavy (non-hydrogen) atoms. The van der Waals surface area contributed by atoms with Crippen molar-refractivity contribution in [3.63, 3.8) is 0 Å². The van der Waals surface area contributed by atoms with E-state index in [-0.39, 0.29) is 5.91 Å². The quantitative estimate of drug-likeness (QED) is 0.619. The van der Waals surface area contributed by atoms with Gasteiger partial charge in [0.15, 0.2) is 0 Å². The highest BCUT2D eigenvalue weighted by molar-refractivity contribution is 5.93. The predicted molar refractivity (Wildman–Crippen MR) is 52.5 cm³/mol. The van der Waals surface area contributed by atoms with Crippen LogP contribution in [0.25, 0.3) is 0 Å². The first-order valence-corrected chi connectivity index (χ1v) is 5.13. The maximum atomic E-state index is 11.8. The molecular formula is C10H16N2O2. The fourth-order valence-electron chi connectivity index (χ4n) is 1.61. The number of hydrogen-bond acceptors (Lipinski definition) is 3. The lowest BCUT2D eigenvalue weighted by Gasteiger charge is -2.28. The summed E-state index contributed by atoms with van der Waals surface area (Å²) in [7, 11) is 0. The molecule has 2 aliphatic heterocycles. The van der Waals surface area contributed by atoms with E-state index in [4.69, 9.17) is 4.84 Å². The highest BCUT2D eigenvalue weighted by Crippen LogP contribution is 2.15. The lowest BCUT2D eigenvalue weighted by molar-refractivity contribution is -0.192. The van der Waals surface area contributed by atoms with Crippen LogP contribution in [0.4, 0.5) is 0 Å². The standard InChI is InChI=1S/C10H16N2O2/c1-8(9-6-11-7-9)10(13)12-4-2-3-5-14-12/h11H,2-7H2,1H3. The van der Waals surface area contributed by atoms with Gasteiger partial charge in [0.2, 0.25) is 0 Å². The second-order valence-electron chi connectivity index (χ2n) is 3.78. The van der Waals surface area contributed by atoms with E-state index >= 15 is 0 Å². The van der Waals surface area contributed by atoms with E-state index in [1.54, 1.807) is 0 Å². The van der Waals surface area contributed by atoms with Gasteiger partial charge in [-0.2, -0.15) is 0 Å². The van der Waals surface area contributed by atoms with E-state index in [1.807, 2.05) is 6.92 Å². The van der Waals surface area contributed by atoms with Crippen molar-refractivity contribution >= 4 is 5.91 Å². The molecule has 0 spiro atoms. The lowest BCUT2D eigenvalue weighted by Crippen LogP contribution is -2.40. The molecule has 2 saturated heterocycles. The lowest BCUT2D eigenvalue weighted by atomic mass is 10.0. The molecule has 2 heterocycles. The van der Waals surface area contributed by atoms with Crippen molar-refractivity contribution in [1.82, 2.24) is 10.4 Å². The van der Waals surface area contributed by atoms with Gasteiger partial charge < -0.3 is 5.32 Å². The number of carbonyl (C=O) groups is 1. The Labute approximate surface area is 83.9 Å². The van der Waals surface area contributed by atoms with Gasteiger partial charge in [-0.1, -0.05) is 0 Å². The van der Waals surface area contributed by atoms with Crippen LogP contribution in [0.5, 0.6) is 0 Å². The molecule has 0 bridgehead atoms. The minimum atomic E-state index is 0.0428. The van der Waals surface area contributed by atoms with Crippen molar-refractivity contribution in [2.75, 3.05) is 26.2 Å². The highest BCUT2D eigenvalue weighted by Gasteiger charge is 2.23. The average Bonchev–Trinajstić information content (AvgIpc) is 2.15. The molecule has 4 nitrogen and oxygen atoms in total. The summed E-state index contributed by atoms with van der Waals surface area (Å²) in [6.45, 7) is 5.00. The Hall–Kier alpha value is -0.870. The van der Waals surface area contributed by atoms with E-state index in [2.05, 4.69) is 5.32 Å². The van der Waals surface area contributed by atoms with Crippen molar-refractivity contribution in [2.45, 2.75) is 19.8 Å². The summed E-state index contributed by atoms with van der Waals surface area (Å²) in [5.74, 6) is 0.0428. The van der Waals surface area contributed by atoms with E-state index < -0.39 is 0 Å². The van der Waals surface area contributed by atoms with Crippen molar-refractivity contribution in [3.05, 3.63) is 11.1 Å². The molecular weight excluding hydrogens is 180 g/mol. The van der Waals surface area contributed by atoms with Crippen LogP contribution >= 0.6 is 0 Å². The van der Waals surface area contributed by atoms with Crippen LogP contribution in [0.3, 0.4) is 0 Å². The summed E-state index contributed by atoms with van der Waals surface area (Å²) in [6.07, 6.45) is 2.10. The number of hydrogen-bond donors (Lipinski definition) is 1. The Balaban J connectivity index is 1.99. The van der Waals surface area contributed by atoms with Crippen LogP contribution in [0.15, 0.2) is 11.1 Å². The van der Waals surface area contributed by atoms with Crippen LogP contribution < -0.4 is 5.32 Å². The van der Waals surface area contributed by atoms with E-state index in [1.165, 1.54) is 10.6 Å². The molecule has 0 unspecified atom stereocenters. The molecule has 2 fully saturated rings. The van der Waals surface area contributed by atoms with E-state index in [9.17, 15) is 4.79 Å². The van der Waals surface area contributed by atoms with Gasteiger partial charge >= 0.3 is 0 Å². The maximum absolute atomic E-state index is 11.8. The van der Waals surface area contributed by atoms with Gasteiger partial charge in [0, 0.05) is 25.2 Å². The third kappa shape index (κ3) is 1.81. The third-order valence-corrected chi connectivity index (χ3v) is 2.76. The molecule has 0 aromatic rings. The number of carbonyl (C=O) groups excluding carboxylic acids is 1. The Morgan fingerprint density at radius 3 is 2.71 bits per heavy atom. The molecule has 0 radical (unpaired) electrons. The highest BCUT2D eigenvalue weighted by atomic mass is 16.7. The molecule has 0 atom stereocenters. The molecule has 4 heteroatoms. The van der Waals surface area contributed by atoms with Gasteiger partial charge in [0.05, 0.1) is 6.61 Å². The van der Waals surface area contributed by atoms with Crippen molar-refractivity contribution in [3.8, 4) is 0 Å². The Morgan fingerprint density at radius 2 is 2.21 bits per heavy atom. The SMILES string of the molecule is CC(C(=O)N1CCCCO1)=C1CNC1. The molecule has 0 saturated carbocycles. The first-order chi connectivity index (χ1) is 6.79. The minimum Gasteiger partial charge on any atom is -0.309 e. The predicted octanol–water partition coefficient (Wildman–Crippen LogP) is 0.460. The van der Waals surface area contributed by atoms with Crippen LogP contribution in [-0.4, -0.2) is 37.2 Å². The second kappa shape index (κ2) is 4.11. The van der Waals surface area contributed by atoms with Crippen LogP contribution in [0.1, 0.15) is 19.8 Å². The zero-order valence-electron chi connectivity index (χ0n) is 8.51. The van der Waals surface area contributed by atoms with Gasteiger partial charge in [-0.05, 0) is 25.3 Å². The summed E-state index contributed by atoms with van der Waals surface area (Å²) in [4.78, 5) is 17.2. The van der Waals surface area contributed by atoms with Crippen molar-refractivity contribution < 1.29 is 9.63 Å². The minimum absolute atomic E-state index is 0.0428. The summed E-state index contributed by atoms with van der Waals surface area (Å²) in [5.41, 5.74) is 2.06. The van der Waals surface area contributed by atoms with E-state index in [0.717, 1.165) is 38.0 Å². The number of nitrogens with one attached hydrogen (secondary N) is 1. The summed E-state index contributed by atoms with van der Waals surface area (Å²) in [5, 5.41) is 4.63. The number of amides is 1. The molecule has 0 aromatic carbocycles. The largest absolute Gasteiger partial charge is 0.309 e. The Bertz CT molecular complexity index is 261. The summed E-state index contributed by atoms with van der Waals surface area (Å²) < 4.78 is 0. The van der Waals surface area contributed by atoms with Gasteiger partial charge in [-0.3, -0.25) is 9.63 Å². The summed E-state index contributed by atoms with van der Waals surface area (Å²) in [6, 6.07) is 0. The summed E-state index contributed by atoms with van der Waals surface area (Å²) >= 11 is 0. The van der Waals surface area contributed by atoms with Gasteiger partial charge in [-0.15, -0.1) is 0 Å². The zero-order valence-corrected chi connectivity index (χ0v) is 8.51. The molecule has 0 aromatic heterocycles. The maximum Gasteiger partial charge on any atom is 0.273 e. The number of hydroxylamine groups is 2. The van der Waals surface area contributed by atoms with E-state index in [0.29, 0.717) is 6.61 Å². The normalized spacial score (nSPS) is 21.8. The number of nitrogens with zero attached hydrogens (tertiary/aromatic N) is 1. The number of rotatable bonds is 1. The van der Waals surface area contributed by atoms with Crippen molar-refractivity contribution in [2.24, 2.45) is 0 Å². The smallest absolute Gasteiger partial charge is 0.273 e. The Kier molecular flexibility index (Phi) is 2.84. The van der Waals surface area contributed by atoms with Crippen LogP contribution in [-0.2, 0) is 9.63 Å². The second-order valence-corrected chi connectivity index (χ2v) is 3.78. The third-order valence-electron chi connectivity index (χ3n) is 2.76. The first-order valence-electron chi connectivity index (χ1n) is 5.13. The average molecular weight is 196 g/mol. The first kappa shape index (κ1) is 9.68. The van der Waals surface area contributed by atoms with Gasteiger partial charge in [-0.25, -0.2) is 5.06 Å². The molecule has 2 aliphatic rings. The molecule has 0 aliphatic carbocycles. The zero-order chi connectivity index (χ0) is 9.97. The molecule has 1 N–H and O–H groups in total. The molecule has 1 amide bonds. The monoisotopic (exact) mass is 196 g/mol. The topological polar surface area (TPSA) is 41.6 Å². The fraction of sp³-hybridized carbons (Fsp3) is 0.700. The van der Waals surface area contributed by atoms with Gasteiger partial charge in [0.25, 0.3) is 5.91 Å². The van der Waals surface area contributed by atoms with Crippen LogP contribution in [0.2, 0.25) is 0 Å². The fourth-order valence-corrected chi connectivity index (χ4v) is 1.61. The van der Waals surface area contributed by atoms with Gasteiger partial charge in [0.1, 0.15) is 0 Å². The Morgan fingerprint density at radius 1 is 1.43 bits per heavy atom. The molecule has 78 valence electrons.